The molecular formula is C20H29Cl2N3O3. The van der Waals surface area contributed by atoms with Gasteiger partial charge in [0.25, 0.3) is 0 Å². The maximum atomic E-state index is 12.5. The highest BCUT2D eigenvalue weighted by atomic mass is 35.5. The van der Waals surface area contributed by atoms with Crippen molar-refractivity contribution in [2.75, 3.05) is 54.5 Å². The summed E-state index contributed by atoms with van der Waals surface area (Å²) in [6.45, 7) is 2.82. The van der Waals surface area contributed by atoms with Gasteiger partial charge in [-0.2, -0.15) is 0 Å². The van der Waals surface area contributed by atoms with Crippen LogP contribution < -0.4 is 9.47 Å². The molecule has 0 radical (unpaired) electrons. The quantitative estimate of drug-likeness (QED) is 0.541. The molecule has 6 nitrogen and oxygen atoms in total. The summed E-state index contributed by atoms with van der Waals surface area (Å²) in [5.74, 6) is 1.20. The molecule has 2 rings (SSSR count). The fourth-order valence-electron chi connectivity index (χ4n) is 2.15. The van der Waals surface area contributed by atoms with Gasteiger partial charge in [-0.15, -0.1) is 24.8 Å². The van der Waals surface area contributed by atoms with Crippen LogP contribution in [0.2, 0.25) is 0 Å². The number of benzene rings is 1. The minimum absolute atomic E-state index is 0. The van der Waals surface area contributed by atoms with Crippen molar-refractivity contribution in [3.63, 3.8) is 0 Å². The Morgan fingerprint density at radius 3 is 1.86 bits per heavy atom. The number of aromatic nitrogens is 1. The molecule has 0 amide bonds. The lowest BCUT2D eigenvalue weighted by Crippen LogP contribution is -2.19. The van der Waals surface area contributed by atoms with Gasteiger partial charge in [0.1, 0.15) is 19.0 Å². The highest BCUT2D eigenvalue weighted by molar-refractivity contribution is 6.08. The molecule has 0 bridgehead atoms. The molecule has 0 unspecified atom stereocenters. The van der Waals surface area contributed by atoms with E-state index in [0.29, 0.717) is 30.2 Å². The lowest BCUT2D eigenvalue weighted by atomic mass is 10.1. The predicted octanol–water partition coefficient (Wildman–Crippen LogP) is 3.04. The van der Waals surface area contributed by atoms with E-state index in [4.69, 9.17) is 9.47 Å². The molecule has 0 aliphatic rings. The van der Waals surface area contributed by atoms with Crippen LogP contribution in [0.3, 0.4) is 0 Å². The fourth-order valence-corrected chi connectivity index (χ4v) is 2.15. The molecular weight excluding hydrogens is 401 g/mol. The van der Waals surface area contributed by atoms with Crippen molar-refractivity contribution >= 4 is 30.6 Å². The predicted molar refractivity (Wildman–Crippen MR) is 117 cm³/mol. The van der Waals surface area contributed by atoms with Crippen LogP contribution in [0.25, 0.3) is 0 Å². The third-order valence-electron chi connectivity index (χ3n) is 3.71. The zero-order valence-electron chi connectivity index (χ0n) is 16.8. The molecule has 28 heavy (non-hydrogen) atoms. The molecule has 1 aromatic heterocycles. The summed E-state index contributed by atoms with van der Waals surface area (Å²) < 4.78 is 11.2. The summed E-state index contributed by atoms with van der Waals surface area (Å²) in [7, 11) is 7.96. The normalized spacial score (nSPS) is 10.2. The van der Waals surface area contributed by atoms with Crippen molar-refractivity contribution in [1.29, 1.82) is 0 Å². The molecule has 0 fully saturated rings. The van der Waals surface area contributed by atoms with Crippen LogP contribution in [0.5, 0.6) is 11.6 Å². The Morgan fingerprint density at radius 2 is 1.36 bits per heavy atom. The van der Waals surface area contributed by atoms with Gasteiger partial charge in [-0.05, 0) is 58.5 Å². The monoisotopic (exact) mass is 429 g/mol. The first kappa shape index (κ1) is 26.1. The first-order valence-electron chi connectivity index (χ1n) is 8.61. The minimum atomic E-state index is -0.0721. The Bertz CT molecular complexity index is 633. The largest absolute Gasteiger partial charge is 0.492 e. The summed E-state index contributed by atoms with van der Waals surface area (Å²) in [4.78, 5) is 20.8. The number of hydrogen-bond donors (Lipinski definition) is 0. The molecule has 1 aromatic carbocycles. The Morgan fingerprint density at radius 1 is 0.821 bits per heavy atom. The fraction of sp³-hybridized carbons (Fsp3) is 0.400. The van der Waals surface area contributed by atoms with E-state index >= 15 is 0 Å². The minimum Gasteiger partial charge on any atom is -0.492 e. The van der Waals surface area contributed by atoms with Gasteiger partial charge in [-0.3, -0.25) is 4.79 Å². The van der Waals surface area contributed by atoms with Crippen LogP contribution in [0.1, 0.15) is 15.9 Å². The standard InChI is InChI=1S/C20H27N3O3.2ClH/c1-22(2)11-13-25-18-8-5-16(6-9-18)20(24)17-7-10-19(21-15-17)26-14-12-23(3)4;;/h5-10,15H,11-14H2,1-4H3;2*1H. The van der Waals surface area contributed by atoms with Gasteiger partial charge in [0.05, 0.1) is 0 Å². The number of hydrogen-bond acceptors (Lipinski definition) is 6. The van der Waals surface area contributed by atoms with Crippen molar-refractivity contribution in [2.24, 2.45) is 0 Å². The van der Waals surface area contributed by atoms with Crippen molar-refractivity contribution in [2.45, 2.75) is 0 Å². The van der Waals surface area contributed by atoms with Crippen molar-refractivity contribution in [3.8, 4) is 11.6 Å². The number of carbonyl (C=O) groups is 1. The van der Waals surface area contributed by atoms with E-state index in [2.05, 4.69) is 9.88 Å². The molecule has 0 atom stereocenters. The van der Waals surface area contributed by atoms with Gasteiger partial charge >= 0.3 is 0 Å². The number of likely N-dealkylation sites (N-methyl/N-ethyl adjacent to an activating group) is 2. The number of rotatable bonds is 10. The molecule has 0 aliphatic carbocycles. The molecule has 2 aromatic rings. The van der Waals surface area contributed by atoms with Crippen LogP contribution in [0.4, 0.5) is 0 Å². The molecule has 1 heterocycles. The SMILES string of the molecule is CN(C)CCOc1ccc(C(=O)c2ccc(OCCN(C)C)nc2)cc1.Cl.Cl. The zero-order chi connectivity index (χ0) is 18.9. The highest BCUT2D eigenvalue weighted by Gasteiger charge is 2.10. The van der Waals surface area contributed by atoms with Gasteiger partial charge in [0, 0.05) is 36.5 Å². The number of nitrogens with zero attached hydrogens (tertiary/aromatic N) is 3. The zero-order valence-corrected chi connectivity index (χ0v) is 18.4. The second-order valence-corrected chi connectivity index (χ2v) is 6.54. The number of ketones is 1. The molecule has 156 valence electrons. The molecule has 0 saturated heterocycles. The smallest absolute Gasteiger partial charge is 0.213 e. The summed E-state index contributed by atoms with van der Waals surface area (Å²) in [5.41, 5.74) is 1.14. The molecule has 0 N–H and O–H groups in total. The number of pyridine rings is 1. The summed E-state index contributed by atoms with van der Waals surface area (Å²) in [6, 6.07) is 10.6. The Kier molecular flexibility index (Phi) is 12.5. The molecule has 0 spiro atoms. The third kappa shape index (κ3) is 8.89. The number of carbonyl (C=O) groups excluding carboxylic acids is 1. The van der Waals surface area contributed by atoms with Crippen LogP contribution >= 0.6 is 24.8 Å². The maximum Gasteiger partial charge on any atom is 0.213 e. The van der Waals surface area contributed by atoms with Crippen LogP contribution in [0.15, 0.2) is 42.6 Å². The molecule has 0 saturated carbocycles. The van der Waals surface area contributed by atoms with E-state index in [0.717, 1.165) is 18.8 Å². The van der Waals surface area contributed by atoms with Gasteiger partial charge < -0.3 is 19.3 Å². The van der Waals surface area contributed by atoms with Gasteiger partial charge in [0.15, 0.2) is 5.78 Å². The van der Waals surface area contributed by atoms with E-state index in [1.807, 2.05) is 45.2 Å². The summed E-state index contributed by atoms with van der Waals surface area (Å²) in [5, 5.41) is 0. The topological polar surface area (TPSA) is 54.9 Å². The third-order valence-corrected chi connectivity index (χ3v) is 3.71. The summed E-state index contributed by atoms with van der Waals surface area (Å²) >= 11 is 0. The maximum absolute atomic E-state index is 12.5. The van der Waals surface area contributed by atoms with Crippen LogP contribution in [0, 0.1) is 0 Å². The van der Waals surface area contributed by atoms with Gasteiger partial charge in [0.2, 0.25) is 5.88 Å². The Balaban J connectivity index is 0.00000364. The number of halogens is 2. The van der Waals surface area contributed by atoms with Gasteiger partial charge in [-0.25, -0.2) is 4.98 Å². The van der Waals surface area contributed by atoms with E-state index in [-0.39, 0.29) is 30.6 Å². The first-order chi connectivity index (χ1) is 12.5. The van der Waals surface area contributed by atoms with E-state index < -0.39 is 0 Å². The molecule has 8 heteroatoms. The van der Waals surface area contributed by atoms with E-state index in [1.165, 1.54) is 0 Å². The average Bonchev–Trinajstić information content (AvgIpc) is 2.62. The van der Waals surface area contributed by atoms with Crippen molar-refractivity contribution < 1.29 is 14.3 Å². The lowest BCUT2D eigenvalue weighted by molar-refractivity contribution is 0.103. The second kappa shape index (κ2) is 13.3. The van der Waals surface area contributed by atoms with E-state index in [9.17, 15) is 4.79 Å². The average molecular weight is 430 g/mol. The van der Waals surface area contributed by atoms with Crippen LogP contribution in [-0.4, -0.2) is 75.1 Å². The van der Waals surface area contributed by atoms with Crippen molar-refractivity contribution in [3.05, 3.63) is 53.7 Å². The van der Waals surface area contributed by atoms with Crippen molar-refractivity contribution in [1.82, 2.24) is 14.8 Å². The first-order valence-corrected chi connectivity index (χ1v) is 8.61. The second-order valence-electron chi connectivity index (χ2n) is 6.54. The Labute approximate surface area is 179 Å². The van der Waals surface area contributed by atoms with Gasteiger partial charge in [-0.1, -0.05) is 0 Å². The molecule has 0 aliphatic heterocycles. The van der Waals surface area contributed by atoms with E-state index in [1.54, 1.807) is 30.5 Å². The summed E-state index contributed by atoms with van der Waals surface area (Å²) in [6.07, 6.45) is 1.55. The Hall–Kier alpha value is -1.86. The van der Waals surface area contributed by atoms with Crippen LogP contribution in [-0.2, 0) is 0 Å². The number of ether oxygens (including phenoxy) is 2. The lowest BCUT2D eigenvalue weighted by Gasteiger charge is -2.11. The highest BCUT2D eigenvalue weighted by Crippen LogP contribution is 2.16.